The summed E-state index contributed by atoms with van der Waals surface area (Å²) in [7, 11) is 0. The van der Waals surface area contributed by atoms with E-state index in [2.05, 4.69) is 20.3 Å². The number of carbonyl (C=O) groups is 1. The van der Waals surface area contributed by atoms with E-state index in [1.165, 1.54) is 25.0 Å². The zero-order valence-corrected chi connectivity index (χ0v) is 20.3. The van der Waals surface area contributed by atoms with Crippen LogP contribution in [0.1, 0.15) is 32.3 Å². The predicted octanol–water partition coefficient (Wildman–Crippen LogP) is 5.56. The summed E-state index contributed by atoms with van der Waals surface area (Å²) in [6.07, 6.45) is -2.32. The molecule has 4 rings (SSSR count). The van der Waals surface area contributed by atoms with Gasteiger partial charge in [-0.05, 0) is 74.6 Å². The fourth-order valence-electron chi connectivity index (χ4n) is 3.20. The van der Waals surface area contributed by atoms with E-state index in [4.69, 9.17) is 16.3 Å². The van der Waals surface area contributed by atoms with Crippen molar-refractivity contribution in [3.8, 4) is 34.5 Å². The molecule has 1 heterocycles. The molecular formula is C25H24ClF3N4O3. The van der Waals surface area contributed by atoms with Gasteiger partial charge < -0.3 is 15.2 Å². The molecule has 1 aromatic heterocycles. The number of hydrogen-bond acceptors (Lipinski definition) is 6. The molecule has 36 heavy (non-hydrogen) atoms. The van der Waals surface area contributed by atoms with Gasteiger partial charge >= 0.3 is 12.2 Å². The first-order valence-corrected chi connectivity index (χ1v) is 11.6. The second-order valence-corrected chi connectivity index (χ2v) is 9.59. The Bertz CT molecular complexity index is 1260. The molecule has 11 heteroatoms. The molecular weight excluding hydrogens is 497 g/mol. The molecule has 1 fully saturated rings. The quantitative estimate of drug-likeness (QED) is 0.404. The smallest absolute Gasteiger partial charge is 0.402 e. The number of halogens is 4. The van der Waals surface area contributed by atoms with Crippen molar-refractivity contribution >= 4 is 17.5 Å². The molecule has 0 saturated heterocycles. The van der Waals surface area contributed by atoms with Crippen LogP contribution in [0.4, 0.5) is 13.2 Å². The number of benzene rings is 2. The molecule has 7 nitrogen and oxygen atoms in total. The molecule has 2 aromatic carbocycles. The van der Waals surface area contributed by atoms with E-state index < -0.39 is 23.5 Å². The Morgan fingerprint density at radius 2 is 1.75 bits per heavy atom. The highest BCUT2D eigenvalue weighted by Gasteiger charge is 2.52. The van der Waals surface area contributed by atoms with E-state index in [0.29, 0.717) is 29.2 Å². The van der Waals surface area contributed by atoms with Gasteiger partial charge in [-0.2, -0.15) is 23.1 Å². The van der Waals surface area contributed by atoms with E-state index >= 15 is 0 Å². The van der Waals surface area contributed by atoms with Gasteiger partial charge in [-0.1, -0.05) is 17.7 Å². The molecule has 1 saturated carbocycles. The second-order valence-electron chi connectivity index (χ2n) is 9.18. The van der Waals surface area contributed by atoms with E-state index in [0.717, 1.165) is 19.6 Å². The number of ether oxygens (including phenoxy) is 1. The summed E-state index contributed by atoms with van der Waals surface area (Å²) in [5, 5.41) is 12.7. The van der Waals surface area contributed by atoms with E-state index in [1.807, 2.05) is 0 Å². The van der Waals surface area contributed by atoms with E-state index in [9.17, 15) is 23.1 Å². The molecule has 1 aliphatic carbocycles. The highest BCUT2D eigenvalue weighted by Crippen LogP contribution is 2.38. The third-order valence-corrected chi connectivity index (χ3v) is 6.25. The van der Waals surface area contributed by atoms with Gasteiger partial charge in [0.25, 0.3) is 0 Å². The molecule has 1 amide bonds. The highest BCUT2D eigenvalue weighted by atomic mass is 35.5. The van der Waals surface area contributed by atoms with Crippen LogP contribution in [0.5, 0.6) is 11.8 Å². The van der Waals surface area contributed by atoms with Crippen molar-refractivity contribution in [2.75, 3.05) is 6.61 Å². The van der Waals surface area contributed by atoms with Crippen LogP contribution in [0.3, 0.4) is 0 Å². The minimum Gasteiger partial charge on any atom is -0.493 e. The molecule has 0 radical (unpaired) electrons. The maximum absolute atomic E-state index is 13.1. The molecule has 0 aliphatic heterocycles. The Morgan fingerprint density at radius 1 is 1.08 bits per heavy atom. The number of nitrogens with one attached hydrogen (secondary N) is 1. The maximum Gasteiger partial charge on any atom is 0.402 e. The van der Waals surface area contributed by atoms with Gasteiger partial charge in [-0.15, -0.1) is 0 Å². The van der Waals surface area contributed by atoms with Gasteiger partial charge in [-0.3, -0.25) is 4.79 Å². The van der Waals surface area contributed by atoms with Crippen LogP contribution in [0.2, 0.25) is 5.02 Å². The first-order chi connectivity index (χ1) is 16.9. The van der Waals surface area contributed by atoms with Crippen LogP contribution in [0.15, 0.2) is 42.5 Å². The highest BCUT2D eigenvalue weighted by molar-refractivity contribution is 6.33. The van der Waals surface area contributed by atoms with Crippen LogP contribution < -0.4 is 10.1 Å². The van der Waals surface area contributed by atoms with Gasteiger partial charge in [0.15, 0.2) is 11.6 Å². The average Bonchev–Trinajstić information content (AvgIpc) is 3.66. The number of rotatable bonds is 8. The van der Waals surface area contributed by atoms with Gasteiger partial charge in [0.2, 0.25) is 5.91 Å². The van der Waals surface area contributed by atoms with Crippen molar-refractivity contribution < 1.29 is 27.8 Å². The Kier molecular flexibility index (Phi) is 7.08. The standard InChI is InChI=1S/C25H24ClF3N4O3/c1-24(2,25(27,28)29)22(34)30-12-15-5-10-19(26)18(11-15)21-31-20(32-23(35)33-21)16-6-8-17(9-7-16)36-13-14-3-4-14/h5-11,14H,3-4,12-13H2,1-2H3,(H,30,34)(H,31,32,33,35). The fraction of sp³-hybridized carbons (Fsp3) is 0.360. The van der Waals surface area contributed by atoms with E-state index in [-0.39, 0.29) is 23.2 Å². The average molecular weight is 521 g/mol. The van der Waals surface area contributed by atoms with Crippen molar-refractivity contribution in [1.29, 1.82) is 0 Å². The van der Waals surface area contributed by atoms with Crippen molar-refractivity contribution in [1.82, 2.24) is 20.3 Å². The molecule has 0 atom stereocenters. The lowest BCUT2D eigenvalue weighted by atomic mass is 9.91. The number of amides is 1. The van der Waals surface area contributed by atoms with E-state index in [1.54, 1.807) is 30.3 Å². The lowest BCUT2D eigenvalue weighted by Gasteiger charge is -2.26. The number of carbonyl (C=O) groups excluding carboxylic acids is 1. The number of alkyl halides is 3. The van der Waals surface area contributed by atoms with Gasteiger partial charge in [0.05, 0.1) is 11.6 Å². The SMILES string of the molecule is CC(C)(C(=O)NCc1ccc(Cl)c(-c2nc(O)nc(-c3ccc(OCC4CC4)cc3)n2)c1)C(F)(F)F. The molecule has 190 valence electrons. The van der Waals surface area contributed by atoms with Crippen LogP contribution in [-0.4, -0.2) is 38.7 Å². The molecule has 0 spiro atoms. The van der Waals surface area contributed by atoms with Crippen LogP contribution >= 0.6 is 11.6 Å². The van der Waals surface area contributed by atoms with Crippen molar-refractivity contribution in [3.05, 3.63) is 53.1 Å². The van der Waals surface area contributed by atoms with Crippen LogP contribution in [-0.2, 0) is 11.3 Å². The van der Waals surface area contributed by atoms with Crippen LogP contribution in [0, 0.1) is 11.3 Å². The minimum atomic E-state index is -4.69. The lowest BCUT2D eigenvalue weighted by Crippen LogP contribution is -2.46. The topological polar surface area (TPSA) is 97.2 Å². The van der Waals surface area contributed by atoms with Gasteiger partial charge in [0.1, 0.15) is 11.2 Å². The number of hydrogen-bond donors (Lipinski definition) is 2. The summed E-state index contributed by atoms with van der Waals surface area (Å²) < 4.78 is 45.1. The lowest BCUT2D eigenvalue weighted by molar-refractivity contribution is -0.211. The van der Waals surface area contributed by atoms with Crippen molar-refractivity contribution in [2.45, 2.75) is 39.4 Å². The zero-order chi connectivity index (χ0) is 26.1. The van der Waals surface area contributed by atoms with Crippen LogP contribution in [0.25, 0.3) is 22.8 Å². The summed E-state index contributed by atoms with van der Waals surface area (Å²) in [4.78, 5) is 24.5. The minimum absolute atomic E-state index is 0.0698. The predicted molar refractivity (Wildman–Crippen MR) is 127 cm³/mol. The first kappa shape index (κ1) is 25.7. The van der Waals surface area contributed by atoms with Gasteiger partial charge in [0, 0.05) is 17.7 Å². The Morgan fingerprint density at radius 3 is 2.39 bits per heavy atom. The van der Waals surface area contributed by atoms with Crippen molar-refractivity contribution in [3.63, 3.8) is 0 Å². The maximum atomic E-state index is 13.1. The number of aromatic nitrogens is 3. The summed E-state index contributed by atoms with van der Waals surface area (Å²) in [5.74, 6) is 0.456. The normalized spacial score (nSPS) is 13.9. The Hall–Kier alpha value is -3.40. The van der Waals surface area contributed by atoms with Gasteiger partial charge in [-0.25, -0.2) is 4.98 Å². The molecule has 0 unspecified atom stereocenters. The zero-order valence-electron chi connectivity index (χ0n) is 19.6. The first-order valence-electron chi connectivity index (χ1n) is 11.3. The summed E-state index contributed by atoms with van der Waals surface area (Å²) in [6.45, 7) is 2.14. The monoisotopic (exact) mass is 520 g/mol. The Balaban J connectivity index is 1.54. The summed E-state index contributed by atoms with van der Waals surface area (Å²) in [6, 6.07) is 11.2. The Labute approximate surface area is 210 Å². The third kappa shape index (κ3) is 5.87. The molecule has 2 N–H and O–H groups in total. The number of aromatic hydroxyl groups is 1. The summed E-state index contributed by atoms with van der Waals surface area (Å²) in [5.41, 5.74) is -1.14. The number of nitrogens with zero attached hydrogens (tertiary/aromatic N) is 3. The summed E-state index contributed by atoms with van der Waals surface area (Å²) >= 11 is 6.33. The molecule has 0 bridgehead atoms. The largest absolute Gasteiger partial charge is 0.493 e. The van der Waals surface area contributed by atoms with Crippen molar-refractivity contribution in [2.24, 2.45) is 11.3 Å². The molecule has 1 aliphatic rings. The second kappa shape index (κ2) is 9.93. The third-order valence-electron chi connectivity index (χ3n) is 5.92. The fourth-order valence-corrected chi connectivity index (χ4v) is 3.40. The molecule has 3 aromatic rings.